The zero-order chi connectivity index (χ0) is 19.8. The zero-order valence-electron chi connectivity index (χ0n) is 17.6. The number of aliphatic imine (C=N–C) groups is 1. The molecule has 2 rings (SSSR count). The van der Waals surface area contributed by atoms with Gasteiger partial charge in [-0.25, -0.2) is 9.98 Å². The van der Waals surface area contributed by atoms with Gasteiger partial charge in [-0.3, -0.25) is 0 Å². The van der Waals surface area contributed by atoms with E-state index >= 15 is 0 Å². The van der Waals surface area contributed by atoms with Gasteiger partial charge in [0.25, 0.3) is 0 Å². The second-order valence-electron chi connectivity index (χ2n) is 6.65. The molecule has 0 saturated heterocycles. The fourth-order valence-corrected chi connectivity index (χ4v) is 3.41. The van der Waals surface area contributed by atoms with Crippen LogP contribution in [0.5, 0.6) is 0 Å². The average Bonchev–Trinajstić information content (AvgIpc) is 3.13. The van der Waals surface area contributed by atoms with Crippen molar-refractivity contribution in [3.63, 3.8) is 0 Å². The fraction of sp³-hybridized carbons (Fsp3) is 0.500. The number of thiazole rings is 1. The molecule has 0 spiro atoms. The van der Waals surface area contributed by atoms with Gasteiger partial charge in [-0.2, -0.15) is 0 Å². The molecule has 8 heteroatoms. The van der Waals surface area contributed by atoms with Gasteiger partial charge in [0.1, 0.15) is 11.1 Å². The highest BCUT2D eigenvalue weighted by Crippen LogP contribution is 2.21. The van der Waals surface area contributed by atoms with E-state index in [1.807, 2.05) is 28.1 Å². The van der Waals surface area contributed by atoms with E-state index < -0.39 is 0 Å². The summed E-state index contributed by atoms with van der Waals surface area (Å²) in [5.41, 5.74) is 3.40. The highest BCUT2D eigenvalue weighted by atomic mass is 127. The highest BCUT2D eigenvalue weighted by Gasteiger charge is 2.12. The minimum atomic E-state index is 0. The first-order chi connectivity index (χ1) is 12.9. The molecule has 0 saturated carbocycles. The largest absolute Gasteiger partial charge is 0.378 e. The van der Waals surface area contributed by atoms with Crippen molar-refractivity contribution in [3.8, 4) is 0 Å². The second kappa shape index (κ2) is 12.2. The van der Waals surface area contributed by atoms with Crippen LogP contribution in [0.2, 0.25) is 0 Å². The number of benzene rings is 1. The number of ether oxygens (including phenoxy) is 1. The van der Waals surface area contributed by atoms with E-state index in [0.717, 1.165) is 23.2 Å². The molecule has 0 aliphatic carbocycles. The first-order valence-corrected chi connectivity index (χ1v) is 10.0. The van der Waals surface area contributed by atoms with Gasteiger partial charge in [-0.05, 0) is 31.5 Å². The Morgan fingerprint density at radius 2 is 2.07 bits per heavy atom. The number of hydrogen-bond donors (Lipinski definition) is 1. The SMILES string of the molecule is CCNC(=NCc1cccc(N(C)C)c1)N(C)Cc1csc(C(C)OC)n1.I. The van der Waals surface area contributed by atoms with Crippen LogP contribution in [0.1, 0.15) is 36.2 Å². The summed E-state index contributed by atoms with van der Waals surface area (Å²) in [7, 11) is 7.84. The summed E-state index contributed by atoms with van der Waals surface area (Å²) in [5.74, 6) is 0.877. The third kappa shape index (κ3) is 7.21. The number of rotatable bonds is 8. The van der Waals surface area contributed by atoms with Crippen LogP contribution in [-0.2, 0) is 17.8 Å². The Morgan fingerprint density at radius 3 is 2.71 bits per heavy atom. The highest BCUT2D eigenvalue weighted by molar-refractivity contribution is 14.0. The van der Waals surface area contributed by atoms with Gasteiger partial charge in [-0.15, -0.1) is 35.3 Å². The van der Waals surface area contributed by atoms with E-state index in [2.05, 4.69) is 56.7 Å². The molecule has 0 radical (unpaired) electrons. The maximum Gasteiger partial charge on any atom is 0.194 e. The molecule has 1 unspecified atom stereocenters. The Kier molecular flexibility index (Phi) is 10.8. The zero-order valence-corrected chi connectivity index (χ0v) is 20.7. The number of nitrogens with zero attached hydrogens (tertiary/aromatic N) is 4. The van der Waals surface area contributed by atoms with Crippen LogP contribution in [0.25, 0.3) is 0 Å². The predicted octanol–water partition coefficient (Wildman–Crippen LogP) is 4.13. The molecular weight excluding hydrogens is 485 g/mol. The van der Waals surface area contributed by atoms with Crippen LogP contribution >= 0.6 is 35.3 Å². The van der Waals surface area contributed by atoms with Crippen molar-refractivity contribution in [2.24, 2.45) is 4.99 Å². The Hall–Kier alpha value is -1.39. The molecule has 0 aliphatic rings. The van der Waals surface area contributed by atoms with E-state index in [1.165, 1.54) is 11.3 Å². The van der Waals surface area contributed by atoms with Gasteiger partial charge in [0.2, 0.25) is 0 Å². The lowest BCUT2D eigenvalue weighted by molar-refractivity contribution is 0.119. The molecule has 1 heterocycles. The molecular formula is C20H32IN5OS. The normalized spacial score (nSPS) is 12.3. The average molecular weight is 517 g/mol. The maximum absolute atomic E-state index is 5.35. The number of methoxy groups -OCH3 is 1. The number of nitrogens with one attached hydrogen (secondary N) is 1. The molecule has 28 heavy (non-hydrogen) atoms. The number of guanidine groups is 1. The standard InChI is InChI=1S/C20H31N5OS.HI/c1-7-21-20(22-12-16-9-8-10-18(11-16)24(3)4)25(5)13-17-14-27-19(23-17)15(2)26-6;/h8-11,14-15H,7,12-13H2,1-6H3,(H,21,22);1H. The summed E-state index contributed by atoms with van der Waals surface area (Å²) in [6.45, 7) is 6.26. The molecule has 0 fully saturated rings. The molecule has 1 aromatic heterocycles. The lowest BCUT2D eigenvalue weighted by Gasteiger charge is -2.21. The molecule has 1 N–H and O–H groups in total. The van der Waals surface area contributed by atoms with E-state index in [-0.39, 0.29) is 30.1 Å². The van der Waals surface area contributed by atoms with E-state index in [4.69, 9.17) is 9.73 Å². The van der Waals surface area contributed by atoms with Gasteiger partial charge in [0, 0.05) is 45.9 Å². The molecule has 0 amide bonds. The van der Waals surface area contributed by atoms with E-state index in [9.17, 15) is 0 Å². The lowest BCUT2D eigenvalue weighted by Crippen LogP contribution is -2.38. The quantitative estimate of drug-likeness (QED) is 0.324. The number of halogens is 1. The summed E-state index contributed by atoms with van der Waals surface area (Å²) in [5, 5.41) is 6.46. The molecule has 0 bridgehead atoms. The lowest BCUT2D eigenvalue weighted by atomic mass is 10.2. The van der Waals surface area contributed by atoms with Crippen LogP contribution in [0, 0.1) is 0 Å². The van der Waals surface area contributed by atoms with Crippen molar-refractivity contribution in [2.45, 2.75) is 33.0 Å². The smallest absolute Gasteiger partial charge is 0.194 e. The first-order valence-electron chi connectivity index (χ1n) is 9.17. The number of hydrogen-bond acceptors (Lipinski definition) is 5. The summed E-state index contributed by atoms with van der Waals surface area (Å²) >= 11 is 1.64. The van der Waals surface area contributed by atoms with Crippen molar-refractivity contribution in [1.82, 2.24) is 15.2 Å². The van der Waals surface area contributed by atoms with Gasteiger partial charge in [0.15, 0.2) is 5.96 Å². The third-order valence-electron chi connectivity index (χ3n) is 4.20. The van der Waals surface area contributed by atoms with E-state index in [1.54, 1.807) is 18.4 Å². The maximum atomic E-state index is 5.35. The number of anilines is 1. The monoisotopic (exact) mass is 517 g/mol. The summed E-state index contributed by atoms with van der Waals surface area (Å²) in [4.78, 5) is 13.7. The topological polar surface area (TPSA) is 53.0 Å². The Labute approximate surface area is 190 Å². The van der Waals surface area contributed by atoms with Crippen LogP contribution in [0.4, 0.5) is 5.69 Å². The third-order valence-corrected chi connectivity index (χ3v) is 5.26. The molecule has 1 aromatic carbocycles. The van der Waals surface area contributed by atoms with Gasteiger partial charge < -0.3 is 19.9 Å². The summed E-state index contributed by atoms with van der Waals surface area (Å²) in [6, 6.07) is 8.46. The summed E-state index contributed by atoms with van der Waals surface area (Å²) in [6.07, 6.45) is 0.0277. The Balaban J connectivity index is 0.00000392. The molecule has 156 valence electrons. The van der Waals surface area contributed by atoms with Crippen LogP contribution in [0.3, 0.4) is 0 Å². The van der Waals surface area contributed by atoms with Crippen molar-refractivity contribution in [1.29, 1.82) is 0 Å². The van der Waals surface area contributed by atoms with Crippen LogP contribution < -0.4 is 10.2 Å². The predicted molar refractivity (Wildman–Crippen MR) is 130 cm³/mol. The van der Waals surface area contributed by atoms with Crippen LogP contribution in [0.15, 0.2) is 34.6 Å². The van der Waals surface area contributed by atoms with Gasteiger partial charge >= 0.3 is 0 Å². The Bertz CT molecular complexity index is 750. The molecule has 0 aliphatic heterocycles. The molecule has 6 nitrogen and oxygen atoms in total. The Morgan fingerprint density at radius 1 is 1.32 bits per heavy atom. The van der Waals surface area contributed by atoms with Crippen LogP contribution in [-0.4, -0.2) is 50.6 Å². The minimum Gasteiger partial charge on any atom is -0.378 e. The van der Waals surface area contributed by atoms with Crippen molar-refractivity contribution in [2.75, 3.05) is 39.7 Å². The van der Waals surface area contributed by atoms with Gasteiger partial charge in [-0.1, -0.05) is 12.1 Å². The molecule has 1 atom stereocenters. The van der Waals surface area contributed by atoms with Crippen molar-refractivity contribution < 1.29 is 4.74 Å². The minimum absolute atomic E-state index is 0. The summed E-state index contributed by atoms with van der Waals surface area (Å²) < 4.78 is 5.35. The number of aromatic nitrogens is 1. The van der Waals surface area contributed by atoms with Crippen molar-refractivity contribution in [3.05, 3.63) is 45.9 Å². The first kappa shape index (κ1) is 24.6. The van der Waals surface area contributed by atoms with E-state index in [0.29, 0.717) is 13.1 Å². The van der Waals surface area contributed by atoms with Gasteiger partial charge in [0.05, 0.1) is 18.8 Å². The second-order valence-corrected chi connectivity index (χ2v) is 7.54. The molecule has 2 aromatic rings. The van der Waals surface area contributed by atoms with Crippen molar-refractivity contribution >= 4 is 47.0 Å². The fourth-order valence-electron chi connectivity index (χ4n) is 2.57.